The molecule has 1 N–H and O–H groups in total. The second-order valence-electron chi connectivity index (χ2n) is 7.99. The lowest BCUT2D eigenvalue weighted by molar-refractivity contribution is -0.142. The van der Waals surface area contributed by atoms with Gasteiger partial charge >= 0.3 is 0 Å². The molecule has 0 saturated carbocycles. The van der Waals surface area contributed by atoms with Gasteiger partial charge in [-0.3, -0.25) is 14.6 Å². The molecule has 7 nitrogen and oxygen atoms in total. The molecule has 1 aliphatic heterocycles. The zero-order valence-electron chi connectivity index (χ0n) is 17.3. The van der Waals surface area contributed by atoms with Crippen LogP contribution in [-0.2, 0) is 26.5 Å². The van der Waals surface area contributed by atoms with Crippen LogP contribution < -0.4 is 5.32 Å². The van der Waals surface area contributed by atoms with Crippen LogP contribution in [0.4, 0.5) is 5.13 Å². The van der Waals surface area contributed by atoms with E-state index < -0.39 is 11.6 Å². The summed E-state index contributed by atoms with van der Waals surface area (Å²) >= 11 is 1.37. The average Bonchev–Trinajstić information content (AvgIpc) is 3.12. The molecule has 3 heterocycles. The Hall–Kier alpha value is -2.32. The number of ether oxygens (including phenoxy) is 1. The monoisotopic (exact) mass is 416 g/mol. The van der Waals surface area contributed by atoms with E-state index in [4.69, 9.17) is 4.74 Å². The first kappa shape index (κ1) is 21.4. The van der Waals surface area contributed by atoms with E-state index in [2.05, 4.69) is 15.3 Å². The molecule has 2 aromatic rings. The second-order valence-corrected chi connectivity index (χ2v) is 8.85. The summed E-state index contributed by atoms with van der Waals surface area (Å²) < 4.78 is 5.93. The van der Waals surface area contributed by atoms with Crippen molar-refractivity contribution in [3.63, 3.8) is 0 Å². The maximum atomic E-state index is 13.0. The summed E-state index contributed by atoms with van der Waals surface area (Å²) in [5.74, 6) is -0.199. The number of carbonyl (C=O) groups is 2. The van der Waals surface area contributed by atoms with Crippen molar-refractivity contribution < 1.29 is 14.3 Å². The molecule has 1 unspecified atom stereocenters. The standard InChI is InChI=1S/C21H28N4O3S/c1-14(2)28-21(3,4)17-13-29-20(23-17)24-19(27)16-6-5-7-18(26)25(16)12-15-8-10-22-11-9-15/h8-11,13-14,16H,5-7,12H2,1-4H3,(H,23,24,27). The van der Waals surface area contributed by atoms with Crippen LogP contribution in [0, 0.1) is 0 Å². The Labute approximate surface area is 175 Å². The molecule has 2 aromatic heterocycles. The number of nitrogens with one attached hydrogen (secondary N) is 1. The number of hydrogen-bond donors (Lipinski definition) is 1. The number of pyridine rings is 1. The molecule has 1 fully saturated rings. The molecule has 29 heavy (non-hydrogen) atoms. The second kappa shape index (κ2) is 9.00. The highest BCUT2D eigenvalue weighted by atomic mass is 32.1. The largest absolute Gasteiger partial charge is 0.367 e. The molecule has 0 radical (unpaired) electrons. The van der Waals surface area contributed by atoms with Gasteiger partial charge in [0.25, 0.3) is 0 Å². The topological polar surface area (TPSA) is 84.4 Å². The number of aromatic nitrogens is 2. The average molecular weight is 417 g/mol. The Morgan fingerprint density at radius 3 is 2.79 bits per heavy atom. The minimum Gasteiger partial charge on any atom is -0.367 e. The van der Waals surface area contributed by atoms with Gasteiger partial charge in [0.15, 0.2) is 5.13 Å². The fourth-order valence-corrected chi connectivity index (χ4v) is 4.39. The van der Waals surface area contributed by atoms with Crippen molar-refractivity contribution >= 4 is 28.3 Å². The lowest BCUT2D eigenvalue weighted by atomic mass is 10.00. The van der Waals surface area contributed by atoms with Crippen LogP contribution in [-0.4, -0.2) is 38.8 Å². The number of anilines is 1. The molecule has 1 atom stereocenters. The van der Waals surface area contributed by atoms with Crippen molar-refractivity contribution in [2.75, 3.05) is 5.32 Å². The number of piperidine rings is 1. The number of carbonyl (C=O) groups excluding carboxylic acids is 2. The first-order chi connectivity index (χ1) is 13.8. The number of thiazole rings is 1. The summed E-state index contributed by atoms with van der Waals surface area (Å²) in [5, 5.41) is 5.32. The molecular weight excluding hydrogens is 388 g/mol. The molecule has 3 rings (SSSR count). The summed E-state index contributed by atoms with van der Waals surface area (Å²) in [6.45, 7) is 8.29. The van der Waals surface area contributed by atoms with Gasteiger partial charge < -0.3 is 15.0 Å². The zero-order valence-corrected chi connectivity index (χ0v) is 18.2. The molecule has 0 spiro atoms. The Kier molecular flexibility index (Phi) is 6.64. The van der Waals surface area contributed by atoms with E-state index in [1.54, 1.807) is 17.3 Å². The van der Waals surface area contributed by atoms with Gasteiger partial charge in [0.1, 0.15) is 11.6 Å². The van der Waals surface area contributed by atoms with Crippen molar-refractivity contribution in [2.45, 2.75) is 71.2 Å². The summed E-state index contributed by atoms with van der Waals surface area (Å²) in [4.78, 5) is 35.7. The Balaban J connectivity index is 1.71. The van der Waals surface area contributed by atoms with E-state index in [1.165, 1.54) is 11.3 Å². The third-order valence-corrected chi connectivity index (χ3v) is 5.61. The van der Waals surface area contributed by atoms with E-state index in [0.29, 0.717) is 30.9 Å². The third-order valence-electron chi connectivity index (χ3n) is 4.85. The Morgan fingerprint density at radius 1 is 1.38 bits per heavy atom. The van der Waals surface area contributed by atoms with Crippen LogP contribution >= 0.6 is 11.3 Å². The molecule has 0 aliphatic carbocycles. The number of likely N-dealkylation sites (tertiary alicyclic amines) is 1. The van der Waals surface area contributed by atoms with Crippen molar-refractivity contribution in [1.82, 2.24) is 14.9 Å². The predicted molar refractivity (Wildman–Crippen MR) is 112 cm³/mol. The number of amides is 2. The van der Waals surface area contributed by atoms with Crippen LogP contribution in [0.25, 0.3) is 0 Å². The van der Waals surface area contributed by atoms with E-state index in [-0.39, 0.29) is 17.9 Å². The number of rotatable bonds is 7. The molecular formula is C21H28N4O3S. The maximum absolute atomic E-state index is 13.0. The normalized spacial score (nSPS) is 17.6. The molecule has 156 valence electrons. The first-order valence-corrected chi connectivity index (χ1v) is 10.8. The minimum atomic E-state index is -0.540. The summed E-state index contributed by atoms with van der Waals surface area (Å²) in [6, 6.07) is 3.22. The van der Waals surface area contributed by atoms with Gasteiger partial charge in [0.2, 0.25) is 11.8 Å². The quantitative estimate of drug-likeness (QED) is 0.744. The van der Waals surface area contributed by atoms with Crippen molar-refractivity contribution in [2.24, 2.45) is 0 Å². The van der Waals surface area contributed by atoms with Crippen LogP contribution in [0.2, 0.25) is 0 Å². The maximum Gasteiger partial charge on any atom is 0.248 e. The van der Waals surface area contributed by atoms with Crippen molar-refractivity contribution in [3.8, 4) is 0 Å². The van der Waals surface area contributed by atoms with Gasteiger partial charge in [-0.2, -0.15) is 0 Å². The van der Waals surface area contributed by atoms with Crippen LogP contribution in [0.3, 0.4) is 0 Å². The summed E-state index contributed by atoms with van der Waals surface area (Å²) in [6.07, 6.45) is 5.27. The lowest BCUT2D eigenvalue weighted by Crippen LogP contribution is -2.49. The highest BCUT2D eigenvalue weighted by Crippen LogP contribution is 2.30. The molecule has 2 amide bonds. The third kappa shape index (κ3) is 5.39. The smallest absolute Gasteiger partial charge is 0.248 e. The van der Waals surface area contributed by atoms with Crippen LogP contribution in [0.1, 0.15) is 58.2 Å². The van der Waals surface area contributed by atoms with Gasteiger partial charge in [0.05, 0.1) is 11.8 Å². The van der Waals surface area contributed by atoms with Crippen molar-refractivity contribution in [3.05, 3.63) is 41.2 Å². The minimum absolute atomic E-state index is 0.000457. The fraction of sp³-hybridized carbons (Fsp3) is 0.524. The Bertz CT molecular complexity index is 851. The van der Waals surface area contributed by atoms with Crippen molar-refractivity contribution in [1.29, 1.82) is 0 Å². The van der Waals surface area contributed by atoms with Gasteiger partial charge in [-0.25, -0.2) is 4.98 Å². The van der Waals surface area contributed by atoms with Gasteiger partial charge in [0, 0.05) is 30.7 Å². The van der Waals surface area contributed by atoms with E-state index in [0.717, 1.165) is 11.3 Å². The molecule has 0 aromatic carbocycles. The fourth-order valence-electron chi connectivity index (χ4n) is 3.52. The number of hydrogen-bond acceptors (Lipinski definition) is 6. The zero-order chi connectivity index (χ0) is 21.0. The van der Waals surface area contributed by atoms with E-state index in [9.17, 15) is 9.59 Å². The van der Waals surface area contributed by atoms with Gasteiger partial charge in [-0.05, 0) is 58.2 Å². The molecule has 1 saturated heterocycles. The Morgan fingerprint density at radius 2 is 2.10 bits per heavy atom. The molecule has 1 aliphatic rings. The lowest BCUT2D eigenvalue weighted by Gasteiger charge is -2.34. The number of nitrogens with zero attached hydrogens (tertiary/aromatic N) is 3. The highest BCUT2D eigenvalue weighted by molar-refractivity contribution is 7.14. The van der Waals surface area contributed by atoms with Crippen LogP contribution in [0.15, 0.2) is 29.9 Å². The van der Waals surface area contributed by atoms with Gasteiger partial charge in [-0.1, -0.05) is 0 Å². The SMILES string of the molecule is CC(C)OC(C)(C)c1csc(NC(=O)C2CCCC(=O)N2Cc2ccncc2)n1. The summed E-state index contributed by atoms with van der Waals surface area (Å²) in [5.41, 5.74) is 1.19. The molecule has 8 heteroatoms. The van der Waals surface area contributed by atoms with Gasteiger partial charge in [-0.15, -0.1) is 11.3 Å². The van der Waals surface area contributed by atoms with Crippen LogP contribution in [0.5, 0.6) is 0 Å². The first-order valence-electron chi connectivity index (χ1n) is 9.89. The summed E-state index contributed by atoms with van der Waals surface area (Å²) in [7, 11) is 0. The molecule has 0 bridgehead atoms. The predicted octanol–water partition coefficient (Wildman–Crippen LogP) is 3.72. The van der Waals surface area contributed by atoms with E-state index in [1.807, 2.05) is 45.2 Å². The van der Waals surface area contributed by atoms with E-state index >= 15 is 0 Å². The highest BCUT2D eigenvalue weighted by Gasteiger charge is 2.34.